The lowest BCUT2D eigenvalue weighted by Crippen LogP contribution is -2.44. The average molecular weight is 417 g/mol. The van der Waals surface area contributed by atoms with Gasteiger partial charge in [0.05, 0.1) is 24.6 Å². The number of methoxy groups -OCH3 is 1. The summed E-state index contributed by atoms with van der Waals surface area (Å²) in [6.45, 7) is 1.23. The second-order valence-corrected chi connectivity index (χ2v) is 6.51. The van der Waals surface area contributed by atoms with Crippen LogP contribution < -0.4 is 4.74 Å². The van der Waals surface area contributed by atoms with Crippen LogP contribution in [0.1, 0.15) is 35.9 Å². The number of aldehydes is 1. The molecule has 1 aliphatic rings. The lowest BCUT2D eigenvalue weighted by molar-refractivity contribution is -0.204. The number of carbonyl (C=O) groups excluding carboxylic acids is 3. The fourth-order valence-electron chi connectivity index (χ4n) is 3.22. The third-order valence-corrected chi connectivity index (χ3v) is 4.45. The number of hydrogen-bond acceptors (Lipinski definition) is 9. The van der Waals surface area contributed by atoms with Crippen molar-refractivity contribution in [3.63, 3.8) is 0 Å². The minimum atomic E-state index is -0.965. The monoisotopic (exact) mass is 417 g/mol. The zero-order valence-corrected chi connectivity index (χ0v) is 16.3. The molecular weight excluding hydrogens is 398 g/mol. The molecule has 2 heterocycles. The molecular formula is C19H19N3O8. The van der Waals surface area contributed by atoms with E-state index >= 15 is 0 Å². The third-order valence-electron chi connectivity index (χ3n) is 4.45. The van der Waals surface area contributed by atoms with Crippen LogP contribution in [0.5, 0.6) is 5.75 Å². The Hall–Kier alpha value is -3.56. The molecule has 3 rings (SSSR count). The zero-order valence-electron chi connectivity index (χ0n) is 16.3. The first-order valence-electron chi connectivity index (χ1n) is 9.03. The van der Waals surface area contributed by atoms with Gasteiger partial charge in [0.25, 0.3) is 0 Å². The van der Waals surface area contributed by atoms with E-state index in [2.05, 4.69) is 10.0 Å². The second kappa shape index (κ2) is 9.29. The summed E-state index contributed by atoms with van der Waals surface area (Å²) in [6.07, 6.45) is -1.52. The molecule has 0 N–H and O–H groups in total. The second-order valence-electron chi connectivity index (χ2n) is 6.51. The molecule has 1 aliphatic heterocycles. The number of fused-ring (bicyclic) bond motifs is 1. The van der Waals surface area contributed by atoms with Crippen LogP contribution in [0.15, 0.2) is 27.7 Å². The summed E-state index contributed by atoms with van der Waals surface area (Å²) >= 11 is 0. The Balaban J connectivity index is 1.90. The molecule has 11 heteroatoms. The molecule has 0 unspecified atom stereocenters. The van der Waals surface area contributed by atoms with Crippen molar-refractivity contribution < 1.29 is 37.7 Å². The highest BCUT2D eigenvalue weighted by molar-refractivity contribution is 5.98. The highest BCUT2D eigenvalue weighted by atomic mass is 16.7. The Morgan fingerprint density at radius 3 is 2.83 bits per heavy atom. The van der Waals surface area contributed by atoms with Gasteiger partial charge in [-0.15, -0.1) is 0 Å². The Kier molecular flexibility index (Phi) is 6.55. The van der Waals surface area contributed by atoms with E-state index in [4.69, 9.17) is 28.9 Å². The van der Waals surface area contributed by atoms with Gasteiger partial charge < -0.3 is 23.4 Å². The van der Waals surface area contributed by atoms with Gasteiger partial charge in [-0.1, -0.05) is 5.11 Å². The van der Waals surface area contributed by atoms with Gasteiger partial charge in [-0.05, 0) is 23.7 Å². The van der Waals surface area contributed by atoms with Crippen LogP contribution >= 0.6 is 0 Å². The van der Waals surface area contributed by atoms with E-state index in [9.17, 15) is 14.4 Å². The number of benzene rings is 1. The van der Waals surface area contributed by atoms with Crippen LogP contribution in [0.2, 0.25) is 0 Å². The van der Waals surface area contributed by atoms with Crippen LogP contribution in [0, 0.1) is 0 Å². The van der Waals surface area contributed by atoms with E-state index in [1.54, 1.807) is 12.1 Å². The molecule has 0 spiro atoms. The Morgan fingerprint density at radius 1 is 1.37 bits per heavy atom. The van der Waals surface area contributed by atoms with E-state index in [1.165, 1.54) is 20.1 Å². The molecule has 0 radical (unpaired) electrons. The number of azide groups is 1. The van der Waals surface area contributed by atoms with Gasteiger partial charge in [0.15, 0.2) is 12.4 Å². The predicted octanol–water partition coefficient (Wildman–Crippen LogP) is 3.04. The van der Waals surface area contributed by atoms with Crippen LogP contribution in [0.4, 0.5) is 0 Å². The van der Waals surface area contributed by atoms with Crippen molar-refractivity contribution in [1.82, 2.24) is 0 Å². The quantitative estimate of drug-likeness (QED) is 0.219. The summed E-state index contributed by atoms with van der Waals surface area (Å²) in [7, 11) is 1.23. The molecule has 0 aliphatic carbocycles. The molecule has 2 aromatic rings. The van der Waals surface area contributed by atoms with Gasteiger partial charge in [-0.3, -0.25) is 9.59 Å². The van der Waals surface area contributed by atoms with E-state index in [0.717, 1.165) is 0 Å². The zero-order chi connectivity index (χ0) is 21.7. The van der Waals surface area contributed by atoms with Crippen molar-refractivity contribution in [3.8, 4) is 5.75 Å². The van der Waals surface area contributed by atoms with Crippen molar-refractivity contribution in [3.05, 3.63) is 40.0 Å². The maximum Gasteiger partial charge on any atom is 0.335 e. The number of hydrogen-bond donors (Lipinski definition) is 0. The van der Waals surface area contributed by atoms with Crippen molar-refractivity contribution in [2.75, 3.05) is 7.11 Å². The molecule has 3 atom stereocenters. The van der Waals surface area contributed by atoms with Crippen LogP contribution in [0.25, 0.3) is 21.4 Å². The standard InChI is InChI=1S/C19H19N3O8/c1-10(24)27-12-6-16(19(25)26-2)30-17(7-12)29-15-4-3-11(9-23)18-14(15)5-13(28-18)8-21-22-20/h3-5,9,12,16-17H,6-8H2,1-2H3/t12-,16-,17+/m0/s1. The molecule has 1 fully saturated rings. The molecule has 0 amide bonds. The maximum absolute atomic E-state index is 12.0. The Labute approximate surface area is 170 Å². The van der Waals surface area contributed by atoms with Crippen molar-refractivity contribution in [1.29, 1.82) is 0 Å². The Bertz CT molecular complexity index is 1010. The number of esters is 2. The minimum absolute atomic E-state index is 0.0399. The minimum Gasteiger partial charge on any atom is -0.467 e. The molecule has 30 heavy (non-hydrogen) atoms. The van der Waals surface area contributed by atoms with E-state index in [0.29, 0.717) is 28.7 Å². The average Bonchev–Trinajstić information content (AvgIpc) is 3.16. The fourth-order valence-corrected chi connectivity index (χ4v) is 3.22. The molecule has 1 aromatic heterocycles. The summed E-state index contributed by atoms with van der Waals surface area (Å²) in [5, 5.41) is 3.92. The van der Waals surface area contributed by atoms with Crippen molar-refractivity contribution in [2.45, 2.75) is 44.8 Å². The van der Waals surface area contributed by atoms with Crippen molar-refractivity contribution >= 4 is 29.2 Å². The van der Waals surface area contributed by atoms with Crippen LogP contribution in [0.3, 0.4) is 0 Å². The molecule has 1 aromatic carbocycles. The lowest BCUT2D eigenvalue weighted by atomic mass is 10.0. The normalized spacial score (nSPS) is 20.8. The van der Waals surface area contributed by atoms with Gasteiger partial charge in [0.1, 0.15) is 23.2 Å². The maximum atomic E-state index is 12.0. The highest BCUT2D eigenvalue weighted by Gasteiger charge is 2.37. The summed E-state index contributed by atoms with van der Waals surface area (Å²) in [6, 6.07) is 4.66. The lowest BCUT2D eigenvalue weighted by Gasteiger charge is -2.33. The first kappa shape index (κ1) is 21.2. The smallest absolute Gasteiger partial charge is 0.335 e. The van der Waals surface area contributed by atoms with Crippen LogP contribution in [-0.2, 0) is 30.3 Å². The number of furan rings is 1. The van der Waals surface area contributed by atoms with Crippen LogP contribution in [-0.4, -0.2) is 43.8 Å². The van der Waals surface area contributed by atoms with Gasteiger partial charge in [0, 0.05) is 24.7 Å². The molecule has 0 bridgehead atoms. The number of rotatable bonds is 7. The van der Waals surface area contributed by atoms with Gasteiger partial charge >= 0.3 is 11.9 Å². The summed E-state index contributed by atoms with van der Waals surface area (Å²) < 4.78 is 27.2. The summed E-state index contributed by atoms with van der Waals surface area (Å²) in [5.74, 6) is -0.429. The van der Waals surface area contributed by atoms with E-state index in [-0.39, 0.29) is 25.0 Å². The summed E-state index contributed by atoms with van der Waals surface area (Å²) in [4.78, 5) is 37.3. The molecule has 11 nitrogen and oxygen atoms in total. The SMILES string of the molecule is COC(=O)[C@@H]1C[C@H](OC(C)=O)C[C@H](Oc2ccc(C=O)c3oc(CN=[N+]=[N-])cc23)O1. The third kappa shape index (κ3) is 4.70. The molecule has 158 valence electrons. The first-order chi connectivity index (χ1) is 14.4. The largest absolute Gasteiger partial charge is 0.467 e. The number of nitrogens with zero attached hydrogens (tertiary/aromatic N) is 3. The van der Waals surface area contributed by atoms with Gasteiger partial charge in [-0.25, -0.2) is 4.79 Å². The molecule has 1 saturated heterocycles. The van der Waals surface area contributed by atoms with Crippen molar-refractivity contribution in [2.24, 2.45) is 5.11 Å². The molecule has 0 saturated carbocycles. The summed E-state index contributed by atoms with van der Waals surface area (Å²) in [5.41, 5.74) is 9.05. The fraction of sp³-hybridized carbons (Fsp3) is 0.421. The number of carbonyl (C=O) groups is 3. The van der Waals surface area contributed by atoms with E-state index in [1.807, 2.05) is 0 Å². The van der Waals surface area contributed by atoms with Gasteiger partial charge in [-0.2, -0.15) is 0 Å². The number of ether oxygens (including phenoxy) is 4. The van der Waals surface area contributed by atoms with E-state index < -0.39 is 30.4 Å². The highest BCUT2D eigenvalue weighted by Crippen LogP contribution is 2.34. The topological polar surface area (TPSA) is 150 Å². The predicted molar refractivity (Wildman–Crippen MR) is 101 cm³/mol. The first-order valence-corrected chi connectivity index (χ1v) is 9.03. The van der Waals surface area contributed by atoms with Gasteiger partial charge in [0.2, 0.25) is 6.29 Å². The Morgan fingerprint density at radius 2 is 2.17 bits per heavy atom.